The first kappa shape index (κ1) is 11.6. The maximum atomic E-state index is 5.88. The summed E-state index contributed by atoms with van der Waals surface area (Å²) in [4.78, 5) is 8.35. The molecule has 2 rings (SSSR count). The summed E-state index contributed by atoms with van der Waals surface area (Å²) in [6, 6.07) is 2.15. The van der Waals surface area contributed by atoms with Crippen LogP contribution in [-0.4, -0.2) is 19.7 Å². The van der Waals surface area contributed by atoms with E-state index in [0.29, 0.717) is 6.04 Å². The third-order valence-electron chi connectivity index (χ3n) is 2.70. The van der Waals surface area contributed by atoms with Crippen LogP contribution in [0.2, 0.25) is 0 Å². The number of nitrogens with zero attached hydrogens (tertiary/aromatic N) is 4. The zero-order valence-corrected chi connectivity index (χ0v) is 10.2. The van der Waals surface area contributed by atoms with E-state index in [-0.39, 0.29) is 0 Å². The monoisotopic (exact) mass is 231 g/mol. The molecular weight excluding hydrogens is 214 g/mol. The maximum absolute atomic E-state index is 5.88. The van der Waals surface area contributed by atoms with E-state index in [1.807, 2.05) is 16.9 Å². The van der Waals surface area contributed by atoms with Gasteiger partial charge < -0.3 is 5.73 Å². The molecule has 0 saturated heterocycles. The fourth-order valence-corrected chi connectivity index (χ4v) is 1.78. The van der Waals surface area contributed by atoms with Gasteiger partial charge in [0.15, 0.2) is 0 Å². The number of aryl methyl sites for hydroxylation is 2. The topological polar surface area (TPSA) is 69.6 Å². The van der Waals surface area contributed by atoms with Crippen LogP contribution in [0, 0.1) is 0 Å². The van der Waals surface area contributed by atoms with E-state index < -0.39 is 0 Å². The predicted molar refractivity (Wildman–Crippen MR) is 66.5 cm³/mol. The zero-order valence-electron chi connectivity index (χ0n) is 10.2. The van der Waals surface area contributed by atoms with Crippen LogP contribution in [0.5, 0.6) is 0 Å². The smallest absolute Gasteiger partial charge is 0.138 e. The molecule has 0 radical (unpaired) electrons. The third kappa shape index (κ3) is 2.61. The largest absolute Gasteiger partial charge is 0.398 e. The zero-order chi connectivity index (χ0) is 12.3. The quantitative estimate of drug-likeness (QED) is 0.868. The van der Waals surface area contributed by atoms with Gasteiger partial charge >= 0.3 is 0 Å². The van der Waals surface area contributed by atoms with Crippen molar-refractivity contribution in [2.45, 2.75) is 32.7 Å². The Kier molecular flexibility index (Phi) is 3.37. The molecule has 2 aromatic heterocycles. The summed E-state index contributed by atoms with van der Waals surface area (Å²) < 4.78 is 1.94. The molecular formula is C12H17N5. The summed E-state index contributed by atoms with van der Waals surface area (Å²) in [5.74, 6) is 0.989. The highest BCUT2D eigenvalue weighted by Gasteiger charge is 2.08. The second-order valence-electron chi connectivity index (χ2n) is 4.29. The SMILES string of the molecule is CC(C)n1ncnc1CCc1cnccc1N. The number of rotatable bonds is 4. The highest BCUT2D eigenvalue weighted by Crippen LogP contribution is 2.13. The van der Waals surface area contributed by atoms with Crippen LogP contribution in [0.3, 0.4) is 0 Å². The van der Waals surface area contributed by atoms with Crippen LogP contribution >= 0.6 is 0 Å². The van der Waals surface area contributed by atoms with Crippen LogP contribution in [-0.2, 0) is 12.8 Å². The van der Waals surface area contributed by atoms with E-state index in [1.165, 1.54) is 0 Å². The third-order valence-corrected chi connectivity index (χ3v) is 2.70. The lowest BCUT2D eigenvalue weighted by Crippen LogP contribution is -2.09. The fraction of sp³-hybridized carbons (Fsp3) is 0.417. The molecule has 0 spiro atoms. The van der Waals surface area contributed by atoms with Gasteiger partial charge in [0.25, 0.3) is 0 Å². The van der Waals surface area contributed by atoms with Crippen molar-refractivity contribution in [2.24, 2.45) is 0 Å². The summed E-state index contributed by atoms with van der Waals surface area (Å²) in [5, 5.41) is 4.21. The number of aromatic nitrogens is 4. The maximum Gasteiger partial charge on any atom is 0.138 e. The molecule has 0 fully saturated rings. The molecule has 5 heteroatoms. The molecule has 0 aromatic carbocycles. The van der Waals surface area contributed by atoms with Crippen LogP contribution in [0.1, 0.15) is 31.3 Å². The Hall–Kier alpha value is -1.91. The van der Waals surface area contributed by atoms with Gasteiger partial charge in [-0.3, -0.25) is 4.98 Å². The van der Waals surface area contributed by atoms with E-state index in [4.69, 9.17) is 5.73 Å². The van der Waals surface area contributed by atoms with E-state index in [0.717, 1.165) is 29.9 Å². The van der Waals surface area contributed by atoms with Crippen molar-refractivity contribution < 1.29 is 0 Å². The molecule has 0 atom stereocenters. The molecule has 17 heavy (non-hydrogen) atoms. The van der Waals surface area contributed by atoms with Crippen molar-refractivity contribution >= 4 is 5.69 Å². The number of hydrogen-bond acceptors (Lipinski definition) is 4. The lowest BCUT2D eigenvalue weighted by Gasteiger charge is -2.09. The van der Waals surface area contributed by atoms with Gasteiger partial charge in [-0.2, -0.15) is 5.10 Å². The minimum atomic E-state index is 0.332. The second kappa shape index (κ2) is 4.95. The Morgan fingerprint density at radius 1 is 1.35 bits per heavy atom. The minimum absolute atomic E-state index is 0.332. The van der Waals surface area contributed by atoms with E-state index in [9.17, 15) is 0 Å². The fourth-order valence-electron chi connectivity index (χ4n) is 1.78. The van der Waals surface area contributed by atoms with Crippen molar-refractivity contribution in [3.8, 4) is 0 Å². The molecule has 0 aliphatic rings. The Labute approximate surface area is 101 Å². The van der Waals surface area contributed by atoms with Gasteiger partial charge in [0.1, 0.15) is 12.2 Å². The number of pyridine rings is 1. The van der Waals surface area contributed by atoms with Crippen molar-refractivity contribution in [2.75, 3.05) is 5.73 Å². The predicted octanol–water partition coefficient (Wildman–Crippen LogP) is 1.62. The van der Waals surface area contributed by atoms with E-state index in [2.05, 4.69) is 28.9 Å². The summed E-state index contributed by atoms with van der Waals surface area (Å²) in [6.07, 6.45) is 6.78. The Morgan fingerprint density at radius 2 is 2.18 bits per heavy atom. The lowest BCUT2D eigenvalue weighted by atomic mass is 10.1. The molecule has 0 amide bonds. The molecule has 0 unspecified atom stereocenters. The number of anilines is 1. The average molecular weight is 231 g/mol. The van der Waals surface area contributed by atoms with Crippen molar-refractivity contribution in [3.63, 3.8) is 0 Å². The van der Waals surface area contributed by atoms with Crippen LogP contribution in [0.25, 0.3) is 0 Å². The van der Waals surface area contributed by atoms with Crippen molar-refractivity contribution in [3.05, 3.63) is 36.2 Å². The first-order valence-corrected chi connectivity index (χ1v) is 5.75. The van der Waals surface area contributed by atoms with Gasteiger partial charge in [-0.15, -0.1) is 0 Å². The minimum Gasteiger partial charge on any atom is -0.398 e. The molecule has 0 aliphatic carbocycles. The van der Waals surface area contributed by atoms with Gasteiger partial charge in [-0.1, -0.05) is 0 Å². The molecule has 0 aliphatic heterocycles. The first-order chi connectivity index (χ1) is 8.18. The van der Waals surface area contributed by atoms with Crippen LogP contribution in [0.15, 0.2) is 24.8 Å². The lowest BCUT2D eigenvalue weighted by molar-refractivity contribution is 0.504. The van der Waals surface area contributed by atoms with Gasteiger partial charge in [0, 0.05) is 30.5 Å². The molecule has 90 valence electrons. The molecule has 0 bridgehead atoms. The molecule has 0 saturated carbocycles. The van der Waals surface area contributed by atoms with Crippen molar-refractivity contribution in [1.29, 1.82) is 0 Å². The highest BCUT2D eigenvalue weighted by atomic mass is 15.3. The molecule has 2 aromatic rings. The van der Waals surface area contributed by atoms with E-state index >= 15 is 0 Å². The second-order valence-corrected chi connectivity index (χ2v) is 4.29. The highest BCUT2D eigenvalue weighted by molar-refractivity contribution is 5.44. The standard InChI is InChI=1S/C12H17N5/c1-9(2)17-12(15-8-16-17)4-3-10-7-14-6-5-11(10)13/h5-9H,3-4H2,1-2H3,(H2,13,14). The first-order valence-electron chi connectivity index (χ1n) is 5.75. The Balaban J connectivity index is 2.08. The van der Waals surface area contributed by atoms with Gasteiger partial charge in [0.05, 0.1) is 0 Å². The summed E-state index contributed by atoms with van der Waals surface area (Å²) in [6.45, 7) is 4.19. The Bertz CT molecular complexity index is 489. The number of hydrogen-bond donors (Lipinski definition) is 1. The normalized spacial score (nSPS) is 11.0. The summed E-state index contributed by atoms with van der Waals surface area (Å²) in [5.41, 5.74) is 7.72. The number of nitrogens with two attached hydrogens (primary N) is 1. The summed E-state index contributed by atoms with van der Waals surface area (Å²) in [7, 11) is 0. The van der Waals surface area contributed by atoms with Gasteiger partial charge in [-0.25, -0.2) is 9.67 Å². The molecule has 2 heterocycles. The van der Waals surface area contributed by atoms with Gasteiger partial charge in [0.2, 0.25) is 0 Å². The van der Waals surface area contributed by atoms with Crippen molar-refractivity contribution in [1.82, 2.24) is 19.7 Å². The van der Waals surface area contributed by atoms with Crippen LogP contribution < -0.4 is 5.73 Å². The number of nitrogen functional groups attached to an aromatic ring is 1. The van der Waals surface area contributed by atoms with E-state index in [1.54, 1.807) is 12.5 Å². The van der Waals surface area contributed by atoms with Crippen LogP contribution in [0.4, 0.5) is 5.69 Å². The molecule has 2 N–H and O–H groups in total. The summed E-state index contributed by atoms with van der Waals surface area (Å²) >= 11 is 0. The Morgan fingerprint density at radius 3 is 2.88 bits per heavy atom. The molecule has 5 nitrogen and oxygen atoms in total. The van der Waals surface area contributed by atoms with Gasteiger partial charge in [-0.05, 0) is 31.9 Å². The average Bonchev–Trinajstić information content (AvgIpc) is 2.76.